The molecule has 1 aromatic carbocycles. The summed E-state index contributed by atoms with van der Waals surface area (Å²) in [6.07, 6.45) is 1.16. The van der Waals surface area contributed by atoms with Gasteiger partial charge in [0.15, 0.2) is 0 Å². The molecule has 1 aliphatic heterocycles. The molecule has 1 aliphatic rings. The Morgan fingerprint density at radius 1 is 1.22 bits per heavy atom. The second-order valence-corrected chi connectivity index (χ2v) is 6.04. The van der Waals surface area contributed by atoms with Crippen molar-refractivity contribution in [2.45, 2.75) is 32.4 Å². The molecule has 1 saturated heterocycles. The van der Waals surface area contributed by atoms with E-state index < -0.39 is 0 Å². The summed E-state index contributed by atoms with van der Waals surface area (Å²) in [5.74, 6) is 1.73. The molecule has 2 rings (SSSR count). The monoisotopic (exact) mass is 321 g/mol. The number of hydrogen-bond donors (Lipinski definition) is 1. The Labute approximate surface area is 140 Å². The first-order valence-corrected chi connectivity index (χ1v) is 8.58. The van der Waals surface area contributed by atoms with Gasteiger partial charge in [0.25, 0.3) is 0 Å². The predicted molar refractivity (Wildman–Crippen MR) is 94.2 cm³/mol. The van der Waals surface area contributed by atoms with Gasteiger partial charge in [0.05, 0.1) is 20.3 Å². The molecule has 0 amide bonds. The zero-order valence-electron chi connectivity index (χ0n) is 14.9. The summed E-state index contributed by atoms with van der Waals surface area (Å²) in [4.78, 5) is 5.06. The van der Waals surface area contributed by atoms with Crippen molar-refractivity contribution < 1.29 is 9.47 Å². The van der Waals surface area contributed by atoms with Crippen LogP contribution in [0.4, 0.5) is 0 Å². The van der Waals surface area contributed by atoms with Gasteiger partial charge in [-0.1, -0.05) is 13.8 Å². The smallest absolute Gasteiger partial charge is 0.123 e. The molecule has 2 atom stereocenters. The molecular weight excluding hydrogens is 290 g/mol. The molecule has 2 N–H and O–H groups in total. The maximum absolute atomic E-state index is 6.15. The minimum absolute atomic E-state index is 0.160. The third-order valence-corrected chi connectivity index (χ3v) is 4.97. The number of benzene rings is 1. The number of piperazine rings is 1. The normalized spacial score (nSPS) is 21.2. The lowest BCUT2D eigenvalue weighted by Gasteiger charge is -2.44. The van der Waals surface area contributed by atoms with Crippen LogP contribution in [0.2, 0.25) is 0 Å². The predicted octanol–water partition coefficient (Wildman–Crippen LogP) is 2.12. The molecule has 0 bridgehead atoms. The molecule has 130 valence electrons. The Bertz CT molecular complexity index is 495. The molecular formula is C18H31N3O2. The summed E-state index contributed by atoms with van der Waals surface area (Å²) in [7, 11) is 3.40. The highest BCUT2D eigenvalue weighted by Gasteiger charge is 2.30. The van der Waals surface area contributed by atoms with Crippen LogP contribution < -0.4 is 15.2 Å². The minimum Gasteiger partial charge on any atom is -0.497 e. The van der Waals surface area contributed by atoms with Crippen LogP contribution in [0.25, 0.3) is 0 Å². The SMILES string of the molecule is CCC1CN(C(CN)c2cc(OC)ccc2OC)CCN1CC. The standard InChI is InChI=1S/C18H31N3O2/c1-5-14-13-21(10-9-20(14)6-2)17(12-19)16-11-15(22-3)7-8-18(16)23-4/h7-8,11,14,17H,5-6,9-10,12-13,19H2,1-4H3. The van der Waals surface area contributed by atoms with Gasteiger partial charge >= 0.3 is 0 Å². The van der Waals surface area contributed by atoms with E-state index in [2.05, 4.69) is 29.7 Å². The minimum atomic E-state index is 0.160. The Hall–Kier alpha value is -1.30. The lowest BCUT2D eigenvalue weighted by molar-refractivity contribution is 0.0502. The van der Waals surface area contributed by atoms with Crippen LogP contribution in [0.1, 0.15) is 31.9 Å². The van der Waals surface area contributed by atoms with Crippen molar-refractivity contribution in [1.29, 1.82) is 0 Å². The van der Waals surface area contributed by atoms with Crippen LogP contribution >= 0.6 is 0 Å². The molecule has 1 fully saturated rings. The van der Waals surface area contributed by atoms with Gasteiger partial charge in [0.1, 0.15) is 11.5 Å². The summed E-state index contributed by atoms with van der Waals surface area (Å²) >= 11 is 0. The molecule has 5 heteroatoms. The molecule has 23 heavy (non-hydrogen) atoms. The number of nitrogens with zero attached hydrogens (tertiary/aromatic N) is 2. The second-order valence-electron chi connectivity index (χ2n) is 6.04. The Balaban J connectivity index is 2.26. The van der Waals surface area contributed by atoms with Gasteiger partial charge < -0.3 is 15.2 Å². The van der Waals surface area contributed by atoms with Crippen molar-refractivity contribution >= 4 is 0 Å². The highest BCUT2D eigenvalue weighted by Crippen LogP contribution is 2.33. The third-order valence-electron chi connectivity index (χ3n) is 4.97. The highest BCUT2D eigenvalue weighted by molar-refractivity contribution is 5.42. The van der Waals surface area contributed by atoms with Gasteiger partial charge in [0.2, 0.25) is 0 Å². The number of ether oxygens (including phenoxy) is 2. The van der Waals surface area contributed by atoms with Crippen molar-refractivity contribution in [1.82, 2.24) is 9.80 Å². The van der Waals surface area contributed by atoms with Gasteiger partial charge in [-0.05, 0) is 31.2 Å². The Morgan fingerprint density at radius 3 is 2.57 bits per heavy atom. The largest absolute Gasteiger partial charge is 0.497 e. The van der Waals surface area contributed by atoms with Crippen LogP contribution in [-0.2, 0) is 0 Å². The fourth-order valence-electron chi connectivity index (χ4n) is 3.58. The number of nitrogens with two attached hydrogens (primary N) is 1. The van der Waals surface area contributed by atoms with Gasteiger partial charge in [-0.3, -0.25) is 9.80 Å². The van der Waals surface area contributed by atoms with Gasteiger partial charge in [0, 0.05) is 37.8 Å². The molecule has 2 unspecified atom stereocenters. The van der Waals surface area contributed by atoms with E-state index in [0.29, 0.717) is 12.6 Å². The first-order chi connectivity index (χ1) is 11.2. The van der Waals surface area contributed by atoms with Crippen molar-refractivity contribution in [2.75, 3.05) is 46.9 Å². The molecule has 1 aromatic rings. The Kier molecular flexibility index (Phi) is 6.69. The van der Waals surface area contributed by atoms with Gasteiger partial charge in [-0.25, -0.2) is 0 Å². The zero-order valence-corrected chi connectivity index (χ0v) is 14.9. The van der Waals surface area contributed by atoms with E-state index in [1.54, 1.807) is 14.2 Å². The molecule has 0 radical (unpaired) electrons. The summed E-state index contributed by atoms with van der Waals surface area (Å²) in [5, 5.41) is 0. The highest BCUT2D eigenvalue weighted by atomic mass is 16.5. The van der Waals surface area contributed by atoms with E-state index in [1.807, 2.05) is 12.1 Å². The van der Waals surface area contributed by atoms with Crippen molar-refractivity contribution in [3.63, 3.8) is 0 Å². The molecule has 0 aromatic heterocycles. The maximum atomic E-state index is 6.15. The molecule has 5 nitrogen and oxygen atoms in total. The number of rotatable bonds is 7. The quantitative estimate of drug-likeness (QED) is 0.834. The van der Waals surface area contributed by atoms with Crippen molar-refractivity contribution in [3.05, 3.63) is 23.8 Å². The molecule has 0 aliphatic carbocycles. The zero-order chi connectivity index (χ0) is 16.8. The van der Waals surface area contributed by atoms with Gasteiger partial charge in [-0.2, -0.15) is 0 Å². The van der Waals surface area contributed by atoms with Crippen molar-refractivity contribution in [2.24, 2.45) is 5.73 Å². The van der Waals surface area contributed by atoms with E-state index in [-0.39, 0.29) is 6.04 Å². The first-order valence-electron chi connectivity index (χ1n) is 8.58. The van der Waals surface area contributed by atoms with E-state index in [9.17, 15) is 0 Å². The van der Waals surface area contributed by atoms with E-state index in [4.69, 9.17) is 15.2 Å². The van der Waals surface area contributed by atoms with Gasteiger partial charge in [-0.15, -0.1) is 0 Å². The number of methoxy groups -OCH3 is 2. The summed E-state index contributed by atoms with van der Waals surface area (Å²) in [6, 6.07) is 6.71. The van der Waals surface area contributed by atoms with E-state index in [1.165, 1.54) is 0 Å². The number of likely N-dealkylation sites (N-methyl/N-ethyl adjacent to an activating group) is 1. The lowest BCUT2D eigenvalue weighted by atomic mass is 10.00. The van der Waals surface area contributed by atoms with E-state index in [0.717, 1.165) is 49.7 Å². The van der Waals surface area contributed by atoms with Crippen LogP contribution in [0.5, 0.6) is 11.5 Å². The lowest BCUT2D eigenvalue weighted by Crippen LogP contribution is -2.54. The van der Waals surface area contributed by atoms with Crippen molar-refractivity contribution in [3.8, 4) is 11.5 Å². The first kappa shape index (κ1) is 18.0. The topological polar surface area (TPSA) is 51.0 Å². The van der Waals surface area contributed by atoms with Crippen LogP contribution in [-0.4, -0.2) is 62.8 Å². The Morgan fingerprint density at radius 2 is 2.00 bits per heavy atom. The van der Waals surface area contributed by atoms with Crippen LogP contribution in [0.15, 0.2) is 18.2 Å². The summed E-state index contributed by atoms with van der Waals surface area (Å²) in [5.41, 5.74) is 7.27. The summed E-state index contributed by atoms with van der Waals surface area (Å²) in [6.45, 7) is 9.37. The van der Waals surface area contributed by atoms with Crippen LogP contribution in [0, 0.1) is 0 Å². The maximum Gasteiger partial charge on any atom is 0.123 e. The fourth-order valence-corrected chi connectivity index (χ4v) is 3.58. The molecule has 0 saturated carbocycles. The average molecular weight is 321 g/mol. The number of hydrogen-bond acceptors (Lipinski definition) is 5. The fraction of sp³-hybridized carbons (Fsp3) is 0.667. The average Bonchev–Trinajstić information content (AvgIpc) is 2.61. The van der Waals surface area contributed by atoms with E-state index >= 15 is 0 Å². The van der Waals surface area contributed by atoms with Crippen LogP contribution in [0.3, 0.4) is 0 Å². The second kappa shape index (κ2) is 8.52. The summed E-state index contributed by atoms with van der Waals surface area (Å²) < 4.78 is 11.0. The molecule has 1 heterocycles. The molecule has 0 spiro atoms. The third kappa shape index (κ3) is 3.97.